The van der Waals surface area contributed by atoms with Crippen molar-refractivity contribution in [2.24, 2.45) is 0 Å². The molecule has 3 rings (SSSR count). The van der Waals surface area contributed by atoms with E-state index in [2.05, 4.69) is 41.8 Å². The third-order valence-electron chi connectivity index (χ3n) is 4.76. The molecule has 2 atom stereocenters. The fraction of sp³-hybridized carbons (Fsp3) is 0.400. The van der Waals surface area contributed by atoms with Crippen molar-refractivity contribution >= 4 is 35.6 Å². The number of carbonyl (C=O) groups is 2. The van der Waals surface area contributed by atoms with E-state index in [4.69, 9.17) is 0 Å². The lowest BCUT2D eigenvalue weighted by molar-refractivity contribution is -0.136. The van der Waals surface area contributed by atoms with Crippen molar-refractivity contribution in [3.05, 3.63) is 57.8 Å². The first-order valence-corrected chi connectivity index (χ1v) is 9.92. The Balaban J connectivity index is 0.00000261. The summed E-state index contributed by atoms with van der Waals surface area (Å²) in [5.41, 5.74) is 2.41. The van der Waals surface area contributed by atoms with Crippen molar-refractivity contribution in [2.45, 2.75) is 32.4 Å². The molecule has 1 aliphatic rings. The van der Waals surface area contributed by atoms with Crippen LogP contribution in [0.25, 0.3) is 0 Å². The second-order valence-electron chi connectivity index (χ2n) is 6.52. The maximum Gasteiger partial charge on any atom is 0.261 e. The van der Waals surface area contributed by atoms with Crippen LogP contribution in [0, 0.1) is 0 Å². The summed E-state index contributed by atoms with van der Waals surface area (Å²) >= 11 is 1.37. The van der Waals surface area contributed by atoms with Crippen molar-refractivity contribution in [1.82, 2.24) is 15.5 Å². The third kappa shape index (κ3) is 5.09. The number of nitrogens with zero attached hydrogens (tertiary/aromatic N) is 1. The molecule has 146 valence electrons. The first kappa shape index (κ1) is 21.4. The number of carbonyl (C=O) groups excluding carboxylic acids is 2. The zero-order valence-corrected chi connectivity index (χ0v) is 17.2. The van der Waals surface area contributed by atoms with Gasteiger partial charge in [-0.05, 0) is 35.9 Å². The summed E-state index contributed by atoms with van der Waals surface area (Å²) in [6.45, 7) is 6.01. The van der Waals surface area contributed by atoms with Gasteiger partial charge < -0.3 is 15.5 Å². The van der Waals surface area contributed by atoms with Crippen LogP contribution in [0.1, 0.15) is 40.7 Å². The molecule has 2 unspecified atom stereocenters. The lowest BCUT2D eigenvalue weighted by atomic mass is 10.00. The third-order valence-corrected chi connectivity index (χ3v) is 5.63. The molecule has 2 amide bonds. The van der Waals surface area contributed by atoms with Crippen LogP contribution in [0.15, 0.2) is 41.8 Å². The van der Waals surface area contributed by atoms with E-state index >= 15 is 0 Å². The first-order valence-electron chi connectivity index (χ1n) is 9.04. The van der Waals surface area contributed by atoms with Crippen LogP contribution in [0.2, 0.25) is 0 Å². The minimum Gasteiger partial charge on any atom is -0.340 e. The van der Waals surface area contributed by atoms with Gasteiger partial charge in [0.05, 0.1) is 10.9 Å². The summed E-state index contributed by atoms with van der Waals surface area (Å²) in [5.74, 6) is -0.235. The lowest BCUT2D eigenvalue weighted by Gasteiger charge is -2.38. The van der Waals surface area contributed by atoms with Gasteiger partial charge in [0.15, 0.2) is 0 Å². The molecular formula is C20H26ClN3O2S. The standard InChI is InChI=1S/C20H25N3O2S.ClH/c1-3-15-6-8-16(9-7-15)17-13-21-10-11-23(17)20(25)14(2)22-19(24)18-5-4-12-26-18;/h4-9,12,14,17,21H,3,10-11,13H2,1-2H3,(H,22,24);1H. The van der Waals surface area contributed by atoms with E-state index in [1.54, 1.807) is 13.0 Å². The molecule has 0 aliphatic carbocycles. The van der Waals surface area contributed by atoms with E-state index in [1.165, 1.54) is 16.9 Å². The Hall–Kier alpha value is -1.89. The average molecular weight is 408 g/mol. The smallest absolute Gasteiger partial charge is 0.261 e. The van der Waals surface area contributed by atoms with Gasteiger partial charge >= 0.3 is 0 Å². The van der Waals surface area contributed by atoms with Crippen molar-refractivity contribution in [3.63, 3.8) is 0 Å². The highest BCUT2D eigenvalue weighted by molar-refractivity contribution is 7.12. The van der Waals surface area contributed by atoms with Gasteiger partial charge in [-0.1, -0.05) is 37.3 Å². The number of amides is 2. The highest BCUT2D eigenvalue weighted by Gasteiger charge is 2.31. The monoisotopic (exact) mass is 407 g/mol. The summed E-state index contributed by atoms with van der Waals surface area (Å²) in [5, 5.41) is 8.05. The number of hydrogen-bond acceptors (Lipinski definition) is 4. The zero-order valence-electron chi connectivity index (χ0n) is 15.6. The van der Waals surface area contributed by atoms with Gasteiger partial charge in [-0.25, -0.2) is 0 Å². The van der Waals surface area contributed by atoms with Gasteiger partial charge in [-0.2, -0.15) is 0 Å². The molecule has 2 N–H and O–H groups in total. The number of piperazine rings is 1. The van der Waals surface area contributed by atoms with Crippen LogP contribution in [0.3, 0.4) is 0 Å². The van der Waals surface area contributed by atoms with Gasteiger partial charge in [-0.3, -0.25) is 9.59 Å². The molecule has 7 heteroatoms. The largest absolute Gasteiger partial charge is 0.340 e. The molecule has 1 aromatic carbocycles. The van der Waals surface area contributed by atoms with Gasteiger partial charge in [0, 0.05) is 19.6 Å². The highest BCUT2D eigenvalue weighted by Crippen LogP contribution is 2.23. The van der Waals surface area contributed by atoms with Crippen LogP contribution in [0.5, 0.6) is 0 Å². The highest BCUT2D eigenvalue weighted by atomic mass is 35.5. The maximum absolute atomic E-state index is 13.0. The van der Waals surface area contributed by atoms with E-state index in [0.29, 0.717) is 11.4 Å². The van der Waals surface area contributed by atoms with Crippen LogP contribution < -0.4 is 10.6 Å². The second kappa shape index (κ2) is 9.88. The zero-order chi connectivity index (χ0) is 18.5. The van der Waals surface area contributed by atoms with Crippen LogP contribution in [0.4, 0.5) is 0 Å². The fourth-order valence-corrected chi connectivity index (χ4v) is 3.85. The second-order valence-corrected chi connectivity index (χ2v) is 7.47. The van der Waals surface area contributed by atoms with E-state index < -0.39 is 6.04 Å². The maximum atomic E-state index is 13.0. The molecular weight excluding hydrogens is 382 g/mol. The molecule has 2 heterocycles. The number of halogens is 1. The number of rotatable bonds is 5. The van der Waals surface area contributed by atoms with Crippen molar-refractivity contribution in [1.29, 1.82) is 0 Å². The Bertz CT molecular complexity index is 749. The Morgan fingerprint density at radius 3 is 2.67 bits per heavy atom. The molecule has 0 radical (unpaired) electrons. The molecule has 0 bridgehead atoms. The summed E-state index contributed by atoms with van der Waals surface area (Å²) in [4.78, 5) is 27.7. The molecule has 1 saturated heterocycles. The van der Waals surface area contributed by atoms with Crippen LogP contribution >= 0.6 is 23.7 Å². The minimum atomic E-state index is -0.555. The molecule has 27 heavy (non-hydrogen) atoms. The van der Waals surface area contributed by atoms with Crippen molar-refractivity contribution in [2.75, 3.05) is 19.6 Å². The minimum absolute atomic E-state index is 0. The van der Waals surface area contributed by atoms with Crippen LogP contribution in [-0.4, -0.2) is 42.4 Å². The number of benzene rings is 1. The van der Waals surface area contributed by atoms with E-state index in [1.807, 2.05) is 16.3 Å². The molecule has 2 aromatic rings. The van der Waals surface area contributed by atoms with Crippen LogP contribution in [-0.2, 0) is 11.2 Å². The SMILES string of the molecule is CCc1ccc(C2CNCCN2C(=O)C(C)NC(=O)c2cccs2)cc1.Cl. The Kier molecular flexibility index (Phi) is 7.83. The normalized spacial score (nSPS) is 17.7. The summed E-state index contributed by atoms with van der Waals surface area (Å²) in [6, 6.07) is 11.5. The first-order chi connectivity index (χ1) is 12.6. The average Bonchev–Trinajstić information content (AvgIpc) is 3.22. The summed E-state index contributed by atoms with van der Waals surface area (Å²) < 4.78 is 0. The molecule has 1 aliphatic heterocycles. The Morgan fingerprint density at radius 1 is 1.30 bits per heavy atom. The van der Waals surface area contributed by atoms with E-state index in [9.17, 15) is 9.59 Å². The van der Waals surface area contributed by atoms with E-state index in [0.717, 1.165) is 25.1 Å². The molecule has 0 saturated carbocycles. The quantitative estimate of drug-likeness (QED) is 0.800. The Labute approximate surface area is 170 Å². The number of nitrogens with one attached hydrogen (secondary N) is 2. The number of aryl methyl sites for hydroxylation is 1. The fourth-order valence-electron chi connectivity index (χ4n) is 3.23. The van der Waals surface area contributed by atoms with Gasteiger partial charge in [0.1, 0.15) is 6.04 Å². The van der Waals surface area contributed by atoms with Crippen molar-refractivity contribution in [3.8, 4) is 0 Å². The predicted octanol–water partition coefficient (Wildman–Crippen LogP) is 3.02. The van der Waals surface area contributed by atoms with Gasteiger partial charge in [-0.15, -0.1) is 23.7 Å². The molecule has 0 spiro atoms. The van der Waals surface area contributed by atoms with E-state index in [-0.39, 0.29) is 30.3 Å². The Morgan fingerprint density at radius 2 is 2.04 bits per heavy atom. The number of hydrogen-bond donors (Lipinski definition) is 2. The molecule has 1 fully saturated rings. The number of thiophene rings is 1. The molecule has 5 nitrogen and oxygen atoms in total. The molecule has 1 aromatic heterocycles. The predicted molar refractivity (Wildman–Crippen MR) is 112 cm³/mol. The summed E-state index contributed by atoms with van der Waals surface area (Å²) in [7, 11) is 0. The lowest BCUT2D eigenvalue weighted by Crippen LogP contribution is -2.54. The topological polar surface area (TPSA) is 61.4 Å². The summed E-state index contributed by atoms with van der Waals surface area (Å²) in [6.07, 6.45) is 0.998. The van der Waals surface area contributed by atoms with Gasteiger partial charge in [0.2, 0.25) is 5.91 Å². The van der Waals surface area contributed by atoms with Crippen molar-refractivity contribution < 1.29 is 9.59 Å². The van der Waals surface area contributed by atoms with Gasteiger partial charge in [0.25, 0.3) is 5.91 Å².